The van der Waals surface area contributed by atoms with Crippen LogP contribution in [0.1, 0.15) is 25.2 Å². The van der Waals surface area contributed by atoms with Gasteiger partial charge in [0.15, 0.2) is 0 Å². The predicted molar refractivity (Wildman–Crippen MR) is 62.8 cm³/mol. The van der Waals surface area contributed by atoms with Crippen LogP contribution >= 0.6 is 0 Å². The summed E-state index contributed by atoms with van der Waals surface area (Å²) in [6, 6.07) is 0. The first kappa shape index (κ1) is 12.7. The lowest BCUT2D eigenvalue weighted by Gasteiger charge is -2.19. The summed E-state index contributed by atoms with van der Waals surface area (Å²) in [4.78, 5) is 8.43. The fourth-order valence-electron chi connectivity index (χ4n) is 1.27. The number of rotatable bonds is 4. The molecule has 1 aromatic rings. The van der Waals surface area contributed by atoms with Crippen molar-refractivity contribution in [2.75, 3.05) is 19.0 Å². The molecule has 16 heavy (non-hydrogen) atoms. The fraction of sp³-hybridized carbons (Fsp3) is 0.636. The van der Waals surface area contributed by atoms with Gasteiger partial charge in [-0.3, -0.25) is 0 Å². The van der Waals surface area contributed by atoms with E-state index < -0.39 is 5.60 Å². The van der Waals surface area contributed by atoms with Crippen LogP contribution in [-0.2, 0) is 0 Å². The number of aryl methyl sites for hydroxylation is 1. The maximum Gasteiger partial charge on any atom is 0.221 e. The molecule has 0 saturated heterocycles. The van der Waals surface area contributed by atoms with Crippen LogP contribution in [0.2, 0.25) is 0 Å². The van der Waals surface area contributed by atoms with E-state index in [-0.39, 0.29) is 0 Å². The van der Waals surface area contributed by atoms with Gasteiger partial charge in [0, 0.05) is 6.54 Å². The number of anilines is 1. The van der Waals surface area contributed by atoms with Gasteiger partial charge in [0.25, 0.3) is 0 Å². The van der Waals surface area contributed by atoms with Gasteiger partial charge in [0.2, 0.25) is 5.88 Å². The summed E-state index contributed by atoms with van der Waals surface area (Å²) in [6.07, 6.45) is 0. The lowest BCUT2D eigenvalue weighted by atomic mass is 10.1. The SMILES string of the molecule is COc1nc(C)nc(NCC(C)(C)O)c1C. The number of hydrogen-bond donors (Lipinski definition) is 2. The molecule has 0 fully saturated rings. The molecule has 90 valence electrons. The van der Waals surface area contributed by atoms with Crippen molar-refractivity contribution in [3.8, 4) is 5.88 Å². The average molecular weight is 225 g/mol. The van der Waals surface area contributed by atoms with Gasteiger partial charge in [0.05, 0.1) is 18.3 Å². The molecule has 1 rings (SSSR count). The molecule has 0 aliphatic carbocycles. The maximum absolute atomic E-state index is 9.63. The first-order chi connectivity index (χ1) is 7.33. The van der Waals surface area contributed by atoms with Gasteiger partial charge >= 0.3 is 0 Å². The topological polar surface area (TPSA) is 67.3 Å². The van der Waals surface area contributed by atoms with Crippen molar-refractivity contribution < 1.29 is 9.84 Å². The van der Waals surface area contributed by atoms with Crippen LogP contribution in [0.3, 0.4) is 0 Å². The predicted octanol–water partition coefficient (Wildman–Crippen LogP) is 1.28. The van der Waals surface area contributed by atoms with E-state index in [0.717, 1.165) is 5.56 Å². The van der Waals surface area contributed by atoms with Crippen molar-refractivity contribution in [2.24, 2.45) is 0 Å². The standard InChI is InChI=1S/C11H19N3O2/c1-7-9(12-6-11(3,4)15)13-8(2)14-10(7)16-5/h15H,6H2,1-5H3,(H,12,13,14). The minimum atomic E-state index is -0.779. The highest BCUT2D eigenvalue weighted by Crippen LogP contribution is 2.21. The third-order valence-corrected chi connectivity index (χ3v) is 2.09. The normalized spacial score (nSPS) is 11.4. The van der Waals surface area contributed by atoms with E-state index in [4.69, 9.17) is 4.74 Å². The van der Waals surface area contributed by atoms with Gasteiger partial charge in [-0.2, -0.15) is 4.98 Å². The monoisotopic (exact) mass is 225 g/mol. The highest BCUT2D eigenvalue weighted by molar-refractivity contribution is 5.48. The highest BCUT2D eigenvalue weighted by Gasteiger charge is 2.15. The molecule has 0 amide bonds. The Morgan fingerprint density at radius 2 is 1.94 bits per heavy atom. The number of aromatic nitrogens is 2. The molecule has 5 nitrogen and oxygen atoms in total. The summed E-state index contributed by atoms with van der Waals surface area (Å²) in [5.74, 6) is 1.90. The van der Waals surface area contributed by atoms with Crippen LogP contribution in [0.5, 0.6) is 5.88 Å². The second kappa shape index (κ2) is 4.65. The van der Waals surface area contributed by atoms with Crippen LogP contribution in [0.4, 0.5) is 5.82 Å². The lowest BCUT2D eigenvalue weighted by Crippen LogP contribution is -2.30. The summed E-state index contributed by atoms with van der Waals surface area (Å²) in [6.45, 7) is 7.58. The zero-order valence-electron chi connectivity index (χ0n) is 10.5. The van der Waals surface area contributed by atoms with Crippen molar-refractivity contribution in [1.82, 2.24) is 9.97 Å². The van der Waals surface area contributed by atoms with E-state index in [1.807, 2.05) is 6.92 Å². The third kappa shape index (κ3) is 3.34. The Kier molecular flexibility index (Phi) is 3.70. The molecule has 0 aliphatic rings. The van der Waals surface area contributed by atoms with E-state index in [1.54, 1.807) is 27.9 Å². The van der Waals surface area contributed by atoms with E-state index >= 15 is 0 Å². The van der Waals surface area contributed by atoms with Crippen molar-refractivity contribution in [1.29, 1.82) is 0 Å². The zero-order valence-corrected chi connectivity index (χ0v) is 10.5. The minimum absolute atomic E-state index is 0.424. The van der Waals surface area contributed by atoms with E-state index in [1.165, 1.54) is 0 Å². The smallest absolute Gasteiger partial charge is 0.221 e. The molecule has 0 aromatic carbocycles. The van der Waals surface area contributed by atoms with Gasteiger partial charge in [-0.1, -0.05) is 0 Å². The Morgan fingerprint density at radius 3 is 2.44 bits per heavy atom. The zero-order chi connectivity index (χ0) is 12.3. The first-order valence-corrected chi connectivity index (χ1v) is 5.19. The number of methoxy groups -OCH3 is 1. The van der Waals surface area contributed by atoms with Crippen molar-refractivity contribution in [2.45, 2.75) is 33.3 Å². The number of nitrogens with one attached hydrogen (secondary N) is 1. The summed E-state index contributed by atoms with van der Waals surface area (Å²) < 4.78 is 5.14. The summed E-state index contributed by atoms with van der Waals surface area (Å²) in [5.41, 5.74) is 0.0655. The van der Waals surface area contributed by atoms with E-state index in [9.17, 15) is 5.11 Å². The van der Waals surface area contributed by atoms with Crippen LogP contribution in [-0.4, -0.2) is 34.3 Å². The van der Waals surface area contributed by atoms with Crippen molar-refractivity contribution >= 4 is 5.82 Å². The van der Waals surface area contributed by atoms with Gasteiger partial charge in [-0.15, -0.1) is 0 Å². The van der Waals surface area contributed by atoms with E-state index in [0.29, 0.717) is 24.1 Å². The first-order valence-electron chi connectivity index (χ1n) is 5.19. The molecular weight excluding hydrogens is 206 g/mol. The molecule has 0 aliphatic heterocycles. The van der Waals surface area contributed by atoms with Crippen molar-refractivity contribution in [3.63, 3.8) is 0 Å². The number of ether oxygens (including phenoxy) is 1. The van der Waals surface area contributed by atoms with Gasteiger partial charge in [-0.25, -0.2) is 4.98 Å². The second-order valence-corrected chi connectivity index (χ2v) is 4.42. The molecular formula is C11H19N3O2. The number of nitrogens with zero attached hydrogens (tertiary/aromatic N) is 2. The third-order valence-electron chi connectivity index (χ3n) is 2.09. The van der Waals surface area contributed by atoms with Gasteiger partial charge in [0.1, 0.15) is 11.6 Å². The summed E-state index contributed by atoms with van der Waals surface area (Å²) in [5, 5.41) is 12.7. The molecule has 2 N–H and O–H groups in total. The minimum Gasteiger partial charge on any atom is -0.481 e. The molecule has 0 bridgehead atoms. The lowest BCUT2D eigenvalue weighted by molar-refractivity contribution is 0.0944. The average Bonchev–Trinajstić information content (AvgIpc) is 2.17. The number of aliphatic hydroxyl groups is 1. The highest BCUT2D eigenvalue weighted by atomic mass is 16.5. The molecule has 0 saturated carbocycles. The molecule has 0 atom stereocenters. The number of hydrogen-bond acceptors (Lipinski definition) is 5. The molecule has 0 spiro atoms. The van der Waals surface area contributed by atoms with Crippen molar-refractivity contribution in [3.05, 3.63) is 11.4 Å². The van der Waals surface area contributed by atoms with Crippen LogP contribution in [0.25, 0.3) is 0 Å². The molecule has 5 heteroatoms. The Bertz CT molecular complexity index is 372. The molecule has 1 aromatic heterocycles. The summed E-state index contributed by atoms with van der Waals surface area (Å²) >= 11 is 0. The van der Waals surface area contributed by atoms with Gasteiger partial charge < -0.3 is 15.2 Å². The Morgan fingerprint density at radius 1 is 1.31 bits per heavy atom. The summed E-state index contributed by atoms with van der Waals surface area (Å²) in [7, 11) is 1.58. The largest absolute Gasteiger partial charge is 0.481 e. The second-order valence-electron chi connectivity index (χ2n) is 4.42. The van der Waals surface area contributed by atoms with Gasteiger partial charge in [-0.05, 0) is 27.7 Å². The fourth-order valence-corrected chi connectivity index (χ4v) is 1.27. The quantitative estimate of drug-likeness (QED) is 0.808. The Hall–Kier alpha value is -1.36. The molecule has 1 heterocycles. The van der Waals surface area contributed by atoms with E-state index in [2.05, 4.69) is 15.3 Å². The van der Waals surface area contributed by atoms with Crippen LogP contribution < -0.4 is 10.1 Å². The Labute approximate surface area is 95.9 Å². The maximum atomic E-state index is 9.63. The molecule has 0 radical (unpaired) electrons. The Balaban J connectivity index is 2.91. The molecule has 0 unspecified atom stereocenters. The van der Waals surface area contributed by atoms with Crippen LogP contribution in [0, 0.1) is 13.8 Å². The van der Waals surface area contributed by atoms with Crippen LogP contribution in [0.15, 0.2) is 0 Å².